The molecule has 0 unspecified atom stereocenters. The van der Waals surface area contributed by atoms with Crippen LogP contribution in [0, 0.1) is 0 Å². The van der Waals surface area contributed by atoms with Crippen LogP contribution in [0.2, 0.25) is 0 Å². The van der Waals surface area contributed by atoms with Crippen molar-refractivity contribution in [1.82, 2.24) is 0 Å². The van der Waals surface area contributed by atoms with Crippen molar-refractivity contribution in [2.24, 2.45) is 0 Å². The van der Waals surface area contributed by atoms with Gasteiger partial charge in [-0.25, -0.2) is 0 Å². The summed E-state index contributed by atoms with van der Waals surface area (Å²) in [6.07, 6.45) is 0. The third-order valence-electron chi connectivity index (χ3n) is 6.14. The van der Waals surface area contributed by atoms with Crippen molar-refractivity contribution in [1.29, 1.82) is 0 Å². The molecule has 0 bridgehead atoms. The van der Waals surface area contributed by atoms with Crippen molar-refractivity contribution in [3.05, 3.63) is 68.8 Å². The van der Waals surface area contributed by atoms with E-state index < -0.39 is 0 Å². The first-order chi connectivity index (χ1) is 14.8. The van der Waals surface area contributed by atoms with Gasteiger partial charge in [-0.15, -0.1) is 0 Å². The van der Waals surface area contributed by atoms with Gasteiger partial charge in [0.15, 0.2) is 0 Å². The van der Waals surface area contributed by atoms with Crippen LogP contribution in [0.1, 0.15) is 0 Å². The second-order valence-corrected chi connectivity index (χ2v) is 19.3. The van der Waals surface area contributed by atoms with E-state index in [9.17, 15) is 0 Å². The van der Waals surface area contributed by atoms with Gasteiger partial charge < -0.3 is 0 Å². The zero-order chi connectivity index (χ0) is 19.4. The summed E-state index contributed by atoms with van der Waals surface area (Å²) in [4.78, 5) is 0. The summed E-state index contributed by atoms with van der Waals surface area (Å²) >= 11 is -0.726. The monoisotopic (exact) mass is 844 g/mol. The molecule has 4 aromatic heterocycles. The van der Waals surface area contributed by atoms with Gasteiger partial charge in [0.05, 0.1) is 0 Å². The van der Waals surface area contributed by atoms with Gasteiger partial charge in [-0.05, 0) is 0 Å². The van der Waals surface area contributed by atoms with Gasteiger partial charge in [-0.3, -0.25) is 0 Å². The van der Waals surface area contributed by atoms with Crippen LogP contribution in [0.25, 0.3) is 63.5 Å². The fraction of sp³-hybridized carbons (Fsp3) is 0. The van der Waals surface area contributed by atoms with Gasteiger partial charge in [-0.1, -0.05) is 0 Å². The second-order valence-electron chi connectivity index (χ2n) is 7.87. The molecule has 30 heavy (non-hydrogen) atoms. The van der Waals surface area contributed by atoms with E-state index in [2.05, 4.69) is 68.8 Å². The Bertz CT molecular complexity index is 1810. The van der Waals surface area contributed by atoms with Crippen LogP contribution in [-0.4, -0.2) is 81.7 Å². The number of benzene rings is 4. The van der Waals surface area contributed by atoms with Crippen LogP contribution in [0.5, 0.6) is 0 Å². The van der Waals surface area contributed by atoms with Gasteiger partial charge in [0.2, 0.25) is 0 Å². The summed E-state index contributed by atoms with van der Waals surface area (Å²) in [6, 6.07) is 24.8. The summed E-state index contributed by atoms with van der Waals surface area (Å²) in [7, 11) is 0. The van der Waals surface area contributed by atoms with Crippen LogP contribution in [0.15, 0.2) is 68.8 Å². The maximum absolute atomic E-state index is 2.56. The first kappa shape index (κ1) is 18.2. The topological polar surface area (TPSA) is 0 Å². The Balaban J connectivity index is 1.49. The van der Waals surface area contributed by atoms with E-state index in [4.69, 9.17) is 0 Å². The minimum absolute atomic E-state index is 0.0915. The van der Waals surface area contributed by atoms with Crippen LogP contribution in [0.4, 0.5) is 0 Å². The molecule has 4 heterocycles. The van der Waals surface area contributed by atoms with Crippen molar-refractivity contribution >= 4 is 145 Å². The van der Waals surface area contributed by atoms with Crippen LogP contribution in [0.3, 0.4) is 0 Å². The first-order valence-corrected chi connectivity index (χ1v) is 19.5. The van der Waals surface area contributed by atoms with Gasteiger partial charge >= 0.3 is 214 Å². The van der Waals surface area contributed by atoms with E-state index in [-0.39, 0.29) is 81.7 Å². The Labute approximate surface area is 211 Å². The predicted octanol–water partition coefficient (Wildman–Crippen LogP) is 5.99. The van der Waals surface area contributed by atoms with E-state index in [1.807, 2.05) is 0 Å². The Kier molecular flexibility index (Phi) is 4.04. The molecule has 0 saturated carbocycles. The summed E-state index contributed by atoms with van der Waals surface area (Å²) < 4.78 is 15.0. The molecule has 0 amide bonds. The Morgan fingerprint density at radius 1 is 0.400 bits per heavy atom. The quantitative estimate of drug-likeness (QED) is 0.165. The summed E-state index contributed by atoms with van der Waals surface area (Å²) in [6.45, 7) is 0. The first-order valence-electron chi connectivity index (χ1n) is 9.81. The maximum atomic E-state index is 2.56. The average molecular weight is 835 g/mol. The van der Waals surface area contributed by atoms with E-state index in [0.29, 0.717) is 0 Å². The fourth-order valence-corrected chi connectivity index (χ4v) is 18.8. The van der Waals surface area contributed by atoms with Crippen molar-refractivity contribution in [2.75, 3.05) is 0 Å². The van der Waals surface area contributed by atoms with Crippen molar-refractivity contribution in [3.8, 4) is 0 Å². The molecular weight excluding hydrogens is 823 g/mol. The molecule has 0 spiro atoms. The van der Waals surface area contributed by atoms with Crippen molar-refractivity contribution in [2.45, 2.75) is 0 Å². The van der Waals surface area contributed by atoms with Crippen LogP contribution < -0.4 is 0 Å². The molecule has 4 aromatic carbocycles. The summed E-state index contributed by atoms with van der Waals surface area (Å²) in [5.74, 6) is 0. The van der Waals surface area contributed by atoms with E-state index >= 15 is 0 Å². The number of fused-ring (bicyclic) bond motifs is 9. The molecule has 0 atom stereocenters. The molecule has 8 aromatic rings. The minimum atomic E-state index is -0.272. The van der Waals surface area contributed by atoms with Gasteiger partial charge in [0.25, 0.3) is 0 Å². The average Bonchev–Trinajstić information content (AvgIpc) is 3.51. The van der Waals surface area contributed by atoms with Gasteiger partial charge in [0.1, 0.15) is 0 Å². The molecule has 0 radical (unpaired) electrons. The third kappa shape index (κ3) is 2.59. The van der Waals surface area contributed by atoms with E-state index in [1.165, 1.54) is 32.3 Å². The Hall–Kier alpha value is -0.222. The molecule has 0 N–H and O–H groups in total. The second kappa shape index (κ2) is 6.65. The fourth-order valence-electron chi connectivity index (χ4n) is 4.67. The molecule has 0 fully saturated rings. The summed E-state index contributed by atoms with van der Waals surface area (Å²) in [5.41, 5.74) is 0. The van der Waals surface area contributed by atoms with Crippen LogP contribution in [-0.2, 0) is 0 Å². The standard InChI is InChI=1S/C26H12Te4/c1-3-27-21-9-17-7-19-23(11-15(17)5-13(1)21)29-26-20-8-18-10-22-14(2-4-28-22)6-16(18)12-24(20)30-25(19)26/h1-12H. The van der Waals surface area contributed by atoms with Crippen molar-refractivity contribution < 1.29 is 0 Å². The third-order valence-corrected chi connectivity index (χ3v) is 19.2. The van der Waals surface area contributed by atoms with E-state index in [0.717, 1.165) is 0 Å². The molecular formula is C26H12Te4. The predicted molar refractivity (Wildman–Crippen MR) is 137 cm³/mol. The molecule has 0 aliphatic heterocycles. The number of hydrogen-bond acceptors (Lipinski definition) is 0. The molecule has 4 heteroatoms. The van der Waals surface area contributed by atoms with Gasteiger partial charge in [0, 0.05) is 0 Å². The van der Waals surface area contributed by atoms with Gasteiger partial charge in [-0.2, -0.15) is 0 Å². The summed E-state index contributed by atoms with van der Waals surface area (Å²) in [5, 5.41) is 12.1. The van der Waals surface area contributed by atoms with E-state index in [1.54, 1.807) is 31.2 Å². The Morgan fingerprint density at radius 3 is 1.33 bits per heavy atom. The van der Waals surface area contributed by atoms with Crippen molar-refractivity contribution in [3.63, 3.8) is 0 Å². The SMILES string of the molecule is c1cc2cc3cc4[te]c5c6cc7cc8[te]ccc8cc7cc6[te]c5c4cc3cc2[te]1. The Morgan fingerprint density at radius 2 is 0.833 bits per heavy atom. The molecule has 0 aliphatic rings. The molecule has 0 nitrogen and oxygen atoms in total. The van der Waals surface area contributed by atoms with Crippen LogP contribution >= 0.6 is 0 Å². The zero-order valence-electron chi connectivity index (χ0n) is 15.6. The normalized spacial score (nSPS) is 12.7. The molecule has 0 aliphatic carbocycles. The number of hydrogen-bond donors (Lipinski definition) is 0. The number of rotatable bonds is 0. The zero-order valence-corrected chi connectivity index (χ0v) is 24.9. The molecule has 140 valence electrons. The molecule has 0 saturated heterocycles. The molecule has 8 rings (SSSR count).